The number of benzene rings is 1. The summed E-state index contributed by atoms with van der Waals surface area (Å²) in [4.78, 5) is 28.6. The van der Waals surface area contributed by atoms with E-state index in [0.29, 0.717) is 0 Å². The van der Waals surface area contributed by atoms with Crippen molar-refractivity contribution in [3.63, 3.8) is 0 Å². The van der Waals surface area contributed by atoms with E-state index in [1.807, 2.05) is 4.90 Å². The quantitative estimate of drug-likeness (QED) is 0.848. The number of anilines is 1. The van der Waals surface area contributed by atoms with Crippen LogP contribution in [0.1, 0.15) is 25.7 Å². The van der Waals surface area contributed by atoms with Crippen LogP contribution >= 0.6 is 12.4 Å². The van der Waals surface area contributed by atoms with E-state index in [2.05, 4.69) is 5.32 Å². The third kappa shape index (κ3) is 3.30. The molecule has 4 rings (SSSR count). The van der Waals surface area contributed by atoms with E-state index in [1.165, 1.54) is 11.0 Å². The number of fused-ring (bicyclic) bond motifs is 2. The Kier molecular flexibility index (Phi) is 5.48. The fourth-order valence-electron chi connectivity index (χ4n) is 4.36. The van der Waals surface area contributed by atoms with Crippen LogP contribution in [0, 0.1) is 17.6 Å². The molecular weight excluding hydrogens is 364 g/mol. The van der Waals surface area contributed by atoms with Crippen LogP contribution in [-0.2, 0) is 9.59 Å². The van der Waals surface area contributed by atoms with Crippen LogP contribution in [0.25, 0.3) is 0 Å². The topological polar surface area (TPSA) is 52.7 Å². The zero-order valence-electron chi connectivity index (χ0n) is 14.3. The highest BCUT2D eigenvalue weighted by atomic mass is 35.5. The minimum Gasteiger partial charge on any atom is -0.335 e. The monoisotopic (exact) mass is 385 g/mol. The summed E-state index contributed by atoms with van der Waals surface area (Å²) in [6, 6.07) is 3.57. The maximum absolute atomic E-state index is 14.0. The van der Waals surface area contributed by atoms with Gasteiger partial charge in [0.2, 0.25) is 11.8 Å². The molecule has 3 saturated heterocycles. The third-order valence-electron chi connectivity index (χ3n) is 5.58. The Morgan fingerprint density at radius 3 is 2.69 bits per heavy atom. The zero-order valence-corrected chi connectivity index (χ0v) is 15.1. The average molecular weight is 386 g/mol. The van der Waals surface area contributed by atoms with E-state index >= 15 is 0 Å². The molecule has 0 saturated carbocycles. The SMILES string of the molecule is Cl.O=C1CC(C(=O)N2C3CCNCC2CC3)CN1c1ccc(F)cc1F. The molecule has 2 bridgehead atoms. The Balaban J connectivity index is 0.00000196. The fourth-order valence-corrected chi connectivity index (χ4v) is 4.36. The Morgan fingerprint density at radius 1 is 1.15 bits per heavy atom. The van der Waals surface area contributed by atoms with Gasteiger partial charge in [-0.2, -0.15) is 0 Å². The van der Waals surface area contributed by atoms with Gasteiger partial charge in [0.1, 0.15) is 11.6 Å². The van der Waals surface area contributed by atoms with Gasteiger partial charge in [0.25, 0.3) is 0 Å². The van der Waals surface area contributed by atoms with Crippen molar-refractivity contribution in [2.45, 2.75) is 37.8 Å². The fraction of sp³-hybridized carbons (Fsp3) is 0.556. The molecule has 2 amide bonds. The molecule has 0 radical (unpaired) electrons. The largest absolute Gasteiger partial charge is 0.335 e. The van der Waals surface area contributed by atoms with Gasteiger partial charge in [0.05, 0.1) is 11.6 Å². The minimum atomic E-state index is -0.777. The first-order valence-corrected chi connectivity index (χ1v) is 8.83. The molecule has 142 valence electrons. The first-order chi connectivity index (χ1) is 12.0. The Hall–Kier alpha value is -1.73. The van der Waals surface area contributed by atoms with Crippen LogP contribution in [0.2, 0.25) is 0 Å². The van der Waals surface area contributed by atoms with Gasteiger partial charge in [-0.05, 0) is 37.9 Å². The third-order valence-corrected chi connectivity index (χ3v) is 5.58. The highest BCUT2D eigenvalue weighted by Crippen LogP contribution is 2.33. The number of amides is 2. The van der Waals surface area contributed by atoms with Crippen molar-refractivity contribution in [3.05, 3.63) is 29.8 Å². The van der Waals surface area contributed by atoms with Crippen LogP contribution in [-0.4, -0.2) is 48.4 Å². The first-order valence-electron chi connectivity index (χ1n) is 8.83. The number of carbonyl (C=O) groups excluding carboxylic acids is 2. The second-order valence-corrected chi connectivity index (χ2v) is 7.12. The lowest BCUT2D eigenvalue weighted by Crippen LogP contribution is -2.46. The molecule has 3 heterocycles. The molecular formula is C18H22ClF2N3O2. The molecule has 3 aliphatic heterocycles. The standard InChI is InChI=1S/C18H21F2N3O2.ClH/c19-12-1-4-16(15(20)8-12)22-10-11(7-17(22)24)18(25)23-13-2-3-14(23)9-21-6-5-13;/h1,4,8,11,13-14,21H,2-3,5-7,9-10H2;1H. The molecule has 1 aromatic rings. The Labute approximate surface area is 157 Å². The summed E-state index contributed by atoms with van der Waals surface area (Å²) in [6.07, 6.45) is 3.01. The summed E-state index contributed by atoms with van der Waals surface area (Å²) in [5.41, 5.74) is 0.0437. The van der Waals surface area contributed by atoms with Gasteiger partial charge in [-0.3, -0.25) is 9.59 Å². The van der Waals surface area contributed by atoms with Crippen molar-refractivity contribution in [3.8, 4) is 0 Å². The molecule has 1 aromatic carbocycles. The van der Waals surface area contributed by atoms with Crippen molar-refractivity contribution >= 4 is 29.9 Å². The number of hydrogen-bond donors (Lipinski definition) is 1. The maximum atomic E-state index is 14.0. The van der Waals surface area contributed by atoms with Crippen LogP contribution in [0.3, 0.4) is 0 Å². The number of halogens is 3. The highest BCUT2D eigenvalue weighted by molar-refractivity contribution is 6.00. The molecule has 8 heteroatoms. The van der Waals surface area contributed by atoms with Gasteiger partial charge in [-0.25, -0.2) is 8.78 Å². The summed E-state index contributed by atoms with van der Waals surface area (Å²) in [5.74, 6) is -2.22. The van der Waals surface area contributed by atoms with Crippen LogP contribution < -0.4 is 10.2 Å². The van der Waals surface area contributed by atoms with Crippen LogP contribution in [0.4, 0.5) is 14.5 Å². The summed E-state index contributed by atoms with van der Waals surface area (Å²) in [6.45, 7) is 1.85. The molecule has 0 aromatic heterocycles. The number of hydrogen-bond acceptors (Lipinski definition) is 3. The highest BCUT2D eigenvalue weighted by Gasteiger charge is 2.44. The van der Waals surface area contributed by atoms with Crippen LogP contribution in [0.5, 0.6) is 0 Å². The second kappa shape index (κ2) is 7.48. The maximum Gasteiger partial charge on any atom is 0.228 e. The van der Waals surface area contributed by atoms with E-state index in [-0.39, 0.29) is 55.0 Å². The first kappa shape index (κ1) is 19.0. The van der Waals surface area contributed by atoms with Crippen molar-refractivity contribution in [2.24, 2.45) is 5.92 Å². The molecule has 1 N–H and O–H groups in total. The summed E-state index contributed by atoms with van der Waals surface area (Å²) in [7, 11) is 0. The lowest BCUT2D eigenvalue weighted by Gasteiger charge is -2.30. The van der Waals surface area contributed by atoms with E-state index in [4.69, 9.17) is 0 Å². The minimum absolute atomic E-state index is 0. The predicted octanol–water partition coefficient (Wildman–Crippen LogP) is 2.09. The van der Waals surface area contributed by atoms with Gasteiger partial charge in [0.15, 0.2) is 0 Å². The lowest BCUT2D eigenvalue weighted by atomic mass is 10.1. The van der Waals surface area contributed by atoms with Crippen LogP contribution in [0.15, 0.2) is 18.2 Å². The normalized spacial score (nSPS) is 28.1. The predicted molar refractivity (Wildman–Crippen MR) is 95.2 cm³/mol. The van der Waals surface area contributed by atoms with E-state index in [0.717, 1.165) is 44.5 Å². The van der Waals surface area contributed by atoms with Gasteiger partial charge < -0.3 is 15.1 Å². The van der Waals surface area contributed by atoms with Gasteiger partial charge in [-0.1, -0.05) is 0 Å². The van der Waals surface area contributed by atoms with Gasteiger partial charge >= 0.3 is 0 Å². The zero-order chi connectivity index (χ0) is 17.6. The lowest BCUT2D eigenvalue weighted by molar-refractivity contribution is -0.138. The molecule has 26 heavy (non-hydrogen) atoms. The summed E-state index contributed by atoms with van der Waals surface area (Å²) in [5, 5.41) is 3.35. The molecule has 0 spiro atoms. The molecule has 3 aliphatic rings. The Bertz CT molecular complexity index is 704. The van der Waals surface area contributed by atoms with E-state index < -0.39 is 17.6 Å². The van der Waals surface area contributed by atoms with Crippen molar-refractivity contribution in [1.82, 2.24) is 10.2 Å². The van der Waals surface area contributed by atoms with E-state index in [1.54, 1.807) is 0 Å². The number of rotatable bonds is 2. The molecule has 3 fully saturated rings. The van der Waals surface area contributed by atoms with Gasteiger partial charge in [0, 0.05) is 37.7 Å². The number of carbonyl (C=O) groups is 2. The summed E-state index contributed by atoms with van der Waals surface area (Å²) < 4.78 is 27.1. The Morgan fingerprint density at radius 2 is 1.92 bits per heavy atom. The molecule has 3 atom stereocenters. The average Bonchev–Trinajstić information content (AvgIpc) is 3.06. The molecule has 5 nitrogen and oxygen atoms in total. The number of nitrogens with one attached hydrogen (secondary N) is 1. The molecule has 3 unspecified atom stereocenters. The van der Waals surface area contributed by atoms with E-state index in [9.17, 15) is 18.4 Å². The smallest absolute Gasteiger partial charge is 0.228 e. The van der Waals surface area contributed by atoms with Gasteiger partial charge in [-0.15, -0.1) is 12.4 Å². The van der Waals surface area contributed by atoms with Crippen molar-refractivity contribution in [2.75, 3.05) is 24.5 Å². The molecule has 0 aliphatic carbocycles. The summed E-state index contributed by atoms with van der Waals surface area (Å²) >= 11 is 0. The van der Waals surface area contributed by atoms with Crippen molar-refractivity contribution in [1.29, 1.82) is 0 Å². The second-order valence-electron chi connectivity index (χ2n) is 7.12. The number of nitrogens with zero attached hydrogens (tertiary/aromatic N) is 2. The van der Waals surface area contributed by atoms with Crippen molar-refractivity contribution < 1.29 is 18.4 Å².